The van der Waals surface area contributed by atoms with Gasteiger partial charge < -0.3 is 10.2 Å². The number of nitrogens with zero attached hydrogens (tertiary/aromatic N) is 1. The van der Waals surface area contributed by atoms with Crippen molar-refractivity contribution in [2.45, 2.75) is 30.6 Å². The summed E-state index contributed by atoms with van der Waals surface area (Å²) in [4.78, 5) is 13.4. The van der Waals surface area contributed by atoms with E-state index in [4.69, 9.17) is 0 Å². The molecule has 74 valence electrons. The van der Waals surface area contributed by atoms with Crippen LogP contribution in [0.1, 0.15) is 19.3 Å². The van der Waals surface area contributed by atoms with Gasteiger partial charge >= 0.3 is 6.03 Å². The van der Waals surface area contributed by atoms with Crippen molar-refractivity contribution >= 4 is 17.8 Å². The first-order chi connectivity index (χ1) is 6.31. The van der Waals surface area contributed by atoms with Gasteiger partial charge in [0.1, 0.15) is 0 Å². The fourth-order valence-electron chi connectivity index (χ4n) is 1.69. The van der Waals surface area contributed by atoms with E-state index in [1.807, 2.05) is 16.7 Å². The normalized spacial score (nSPS) is 31.9. The van der Waals surface area contributed by atoms with E-state index in [9.17, 15) is 4.79 Å². The van der Waals surface area contributed by atoms with Gasteiger partial charge in [0.2, 0.25) is 0 Å². The zero-order valence-electron chi connectivity index (χ0n) is 7.95. The SMILES string of the molecule is CSC1CCC1NC(=O)N1CCC1. The van der Waals surface area contributed by atoms with E-state index < -0.39 is 0 Å². The maximum Gasteiger partial charge on any atom is 0.317 e. The molecular formula is C9H16N2OS. The molecule has 0 aromatic rings. The molecule has 1 N–H and O–H groups in total. The lowest BCUT2D eigenvalue weighted by Gasteiger charge is -2.39. The van der Waals surface area contributed by atoms with Crippen molar-refractivity contribution in [2.75, 3.05) is 19.3 Å². The number of hydrogen-bond donors (Lipinski definition) is 1. The summed E-state index contributed by atoms with van der Waals surface area (Å²) in [6.07, 6.45) is 5.70. The van der Waals surface area contributed by atoms with Crippen LogP contribution in [0.5, 0.6) is 0 Å². The quantitative estimate of drug-likeness (QED) is 0.728. The highest BCUT2D eigenvalue weighted by molar-refractivity contribution is 7.99. The molecule has 1 aliphatic heterocycles. The number of urea groups is 1. The van der Waals surface area contributed by atoms with Crippen LogP contribution in [-0.2, 0) is 0 Å². The second-order valence-electron chi connectivity index (χ2n) is 3.75. The van der Waals surface area contributed by atoms with Crippen LogP contribution in [0.25, 0.3) is 0 Å². The molecule has 2 fully saturated rings. The Hall–Kier alpha value is -0.380. The fraction of sp³-hybridized carbons (Fsp3) is 0.889. The van der Waals surface area contributed by atoms with E-state index in [-0.39, 0.29) is 6.03 Å². The third-order valence-corrected chi connectivity index (χ3v) is 4.14. The molecule has 4 heteroatoms. The molecule has 2 atom stereocenters. The molecular weight excluding hydrogens is 184 g/mol. The zero-order valence-corrected chi connectivity index (χ0v) is 8.77. The molecule has 2 unspecified atom stereocenters. The van der Waals surface area contributed by atoms with Crippen LogP contribution in [0, 0.1) is 0 Å². The highest BCUT2D eigenvalue weighted by Gasteiger charge is 2.33. The number of thioether (sulfide) groups is 1. The second kappa shape index (κ2) is 3.78. The Morgan fingerprint density at radius 1 is 1.46 bits per heavy atom. The van der Waals surface area contributed by atoms with Crippen molar-refractivity contribution in [3.8, 4) is 0 Å². The smallest absolute Gasteiger partial charge is 0.317 e. The standard InChI is InChI=1S/C9H16N2OS/c1-13-8-4-3-7(8)10-9(12)11-5-2-6-11/h7-8H,2-6H2,1H3,(H,10,12). The maximum absolute atomic E-state index is 11.5. The first-order valence-electron chi connectivity index (χ1n) is 4.89. The van der Waals surface area contributed by atoms with Crippen LogP contribution < -0.4 is 5.32 Å². The number of amides is 2. The summed E-state index contributed by atoms with van der Waals surface area (Å²) in [5, 5.41) is 3.74. The molecule has 2 rings (SSSR count). The van der Waals surface area contributed by atoms with Crippen molar-refractivity contribution in [3.05, 3.63) is 0 Å². The van der Waals surface area contributed by atoms with Crippen LogP contribution in [0.15, 0.2) is 0 Å². The molecule has 1 aliphatic carbocycles. The van der Waals surface area contributed by atoms with Gasteiger partial charge in [-0.25, -0.2) is 4.79 Å². The Morgan fingerprint density at radius 3 is 2.62 bits per heavy atom. The van der Waals surface area contributed by atoms with Crippen LogP contribution in [0.2, 0.25) is 0 Å². The lowest BCUT2D eigenvalue weighted by atomic mass is 9.92. The summed E-state index contributed by atoms with van der Waals surface area (Å²) in [5.41, 5.74) is 0. The second-order valence-corrected chi connectivity index (χ2v) is 4.82. The van der Waals surface area contributed by atoms with Gasteiger partial charge in [0, 0.05) is 24.4 Å². The summed E-state index contributed by atoms with van der Waals surface area (Å²) in [5.74, 6) is 0. The highest BCUT2D eigenvalue weighted by Crippen LogP contribution is 2.30. The Morgan fingerprint density at radius 2 is 2.23 bits per heavy atom. The molecule has 0 aromatic heterocycles. The number of carbonyl (C=O) groups is 1. The summed E-state index contributed by atoms with van der Waals surface area (Å²) in [6, 6.07) is 0.582. The topological polar surface area (TPSA) is 32.3 Å². The van der Waals surface area contributed by atoms with Gasteiger partial charge in [-0.15, -0.1) is 0 Å². The minimum Gasteiger partial charge on any atom is -0.334 e. The molecule has 2 aliphatic rings. The summed E-state index contributed by atoms with van der Waals surface area (Å²) < 4.78 is 0. The van der Waals surface area contributed by atoms with Crippen molar-refractivity contribution in [2.24, 2.45) is 0 Å². The summed E-state index contributed by atoms with van der Waals surface area (Å²) >= 11 is 1.87. The molecule has 0 spiro atoms. The van der Waals surface area contributed by atoms with E-state index in [0.29, 0.717) is 11.3 Å². The molecule has 3 nitrogen and oxygen atoms in total. The first kappa shape index (κ1) is 9.19. The fourth-order valence-corrected chi connectivity index (χ4v) is 2.59. The number of hydrogen-bond acceptors (Lipinski definition) is 2. The van der Waals surface area contributed by atoms with Crippen molar-refractivity contribution in [1.82, 2.24) is 10.2 Å². The van der Waals surface area contributed by atoms with E-state index in [1.165, 1.54) is 12.8 Å². The Balaban J connectivity index is 1.74. The first-order valence-corrected chi connectivity index (χ1v) is 6.18. The Labute approximate surface area is 83.2 Å². The molecule has 0 bridgehead atoms. The molecule has 1 heterocycles. The number of likely N-dealkylation sites (tertiary alicyclic amines) is 1. The summed E-state index contributed by atoms with van der Waals surface area (Å²) in [7, 11) is 0. The Bertz CT molecular complexity index is 204. The van der Waals surface area contributed by atoms with Gasteiger partial charge in [-0.3, -0.25) is 0 Å². The van der Waals surface area contributed by atoms with Crippen molar-refractivity contribution in [1.29, 1.82) is 0 Å². The molecule has 0 radical (unpaired) electrons. The Kier molecular flexibility index (Phi) is 2.67. The maximum atomic E-state index is 11.5. The van der Waals surface area contributed by atoms with Gasteiger partial charge in [0.15, 0.2) is 0 Å². The lowest BCUT2D eigenvalue weighted by molar-refractivity contribution is 0.159. The van der Waals surface area contributed by atoms with E-state index in [1.54, 1.807) is 0 Å². The third kappa shape index (κ3) is 1.77. The van der Waals surface area contributed by atoms with Gasteiger partial charge in [-0.2, -0.15) is 11.8 Å². The number of carbonyl (C=O) groups excluding carboxylic acids is 1. The van der Waals surface area contributed by atoms with Crippen LogP contribution in [-0.4, -0.2) is 41.6 Å². The zero-order chi connectivity index (χ0) is 9.26. The third-order valence-electron chi connectivity index (χ3n) is 2.97. The van der Waals surface area contributed by atoms with E-state index in [2.05, 4.69) is 11.6 Å². The van der Waals surface area contributed by atoms with E-state index >= 15 is 0 Å². The van der Waals surface area contributed by atoms with Crippen molar-refractivity contribution in [3.63, 3.8) is 0 Å². The van der Waals surface area contributed by atoms with Gasteiger partial charge in [0.25, 0.3) is 0 Å². The number of rotatable bonds is 2. The van der Waals surface area contributed by atoms with Gasteiger partial charge in [-0.1, -0.05) is 0 Å². The minimum absolute atomic E-state index is 0.148. The highest BCUT2D eigenvalue weighted by atomic mass is 32.2. The minimum atomic E-state index is 0.148. The monoisotopic (exact) mass is 200 g/mol. The molecule has 13 heavy (non-hydrogen) atoms. The molecule has 0 aromatic carbocycles. The van der Waals surface area contributed by atoms with Gasteiger partial charge in [0.05, 0.1) is 0 Å². The van der Waals surface area contributed by atoms with Crippen molar-refractivity contribution < 1.29 is 4.79 Å². The summed E-state index contributed by atoms with van der Waals surface area (Å²) in [6.45, 7) is 1.89. The average molecular weight is 200 g/mol. The molecule has 1 saturated carbocycles. The predicted octanol–water partition coefficient (Wildman–Crippen LogP) is 1.30. The largest absolute Gasteiger partial charge is 0.334 e. The van der Waals surface area contributed by atoms with Crippen LogP contribution >= 0.6 is 11.8 Å². The molecule has 1 saturated heterocycles. The van der Waals surface area contributed by atoms with Gasteiger partial charge in [-0.05, 0) is 25.5 Å². The predicted molar refractivity (Wildman–Crippen MR) is 55.0 cm³/mol. The number of nitrogens with one attached hydrogen (secondary N) is 1. The average Bonchev–Trinajstić information content (AvgIpc) is 1.96. The van der Waals surface area contributed by atoms with E-state index in [0.717, 1.165) is 19.5 Å². The molecule has 2 amide bonds. The lowest BCUT2D eigenvalue weighted by Crippen LogP contribution is -2.55. The van der Waals surface area contributed by atoms with Crippen LogP contribution in [0.4, 0.5) is 4.79 Å². The van der Waals surface area contributed by atoms with Crippen LogP contribution in [0.3, 0.4) is 0 Å².